The normalized spacial score (nSPS) is 29.5. The number of nitrogens with one attached hydrogen (secondary N) is 2. The minimum Gasteiger partial charge on any atom is -0.312 e. The maximum absolute atomic E-state index is 12.0. The van der Waals surface area contributed by atoms with Crippen LogP contribution >= 0.6 is 25.3 Å². The summed E-state index contributed by atoms with van der Waals surface area (Å²) in [5.41, 5.74) is -0.707. The molecule has 2 saturated heterocycles. The number of amides is 4. The van der Waals surface area contributed by atoms with E-state index in [0.29, 0.717) is 24.6 Å². The summed E-state index contributed by atoms with van der Waals surface area (Å²) in [6.07, 6.45) is 1.34. The molecule has 0 aromatic rings. The third kappa shape index (κ3) is 2.60. The van der Waals surface area contributed by atoms with Crippen LogP contribution in [-0.2, 0) is 0 Å². The van der Waals surface area contributed by atoms with E-state index in [1.165, 1.54) is 0 Å². The van der Waals surface area contributed by atoms with Gasteiger partial charge in [-0.3, -0.25) is 9.80 Å². The lowest BCUT2D eigenvalue weighted by Crippen LogP contribution is -2.54. The first-order chi connectivity index (χ1) is 9.03. The number of fused-ring (bicyclic) bond motifs is 1. The van der Waals surface area contributed by atoms with Gasteiger partial charge in [0.2, 0.25) is 0 Å². The van der Waals surface area contributed by atoms with E-state index in [2.05, 4.69) is 35.9 Å². The molecule has 6 nitrogen and oxygen atoms in total. The highest BCUT2D eigenvalue weighted by molar-refractivity contribution is 7.80. The Labute approximate surface area is 124 Å². The van der Waals surface area contributed by atoms with Crippen LogP contribution in [0.1, 0.15) is 19.8 Å². The monoisotopic (exact) mass is 304 g/mol. The van der Waals surface area contributed by atoms with Crippen LogP contribution in [0.3, 0.4) is 0 Å². The molecule has 4 amide bonds. The molecular weight excluding hydrogens is 284 g/mol. The van der Waals surface area contributed by atoms with E-state index >= 15 is 0 Å². The van der Waals surface area contributed by atoms with Crippen molar-refractivity contribution >= 4 is 37.3 Å². The maximum Gasteiger partial charge on any atom is 0.321 e. The third-order valence-electron chi connectivity index (χ3n) is 3.48. The molecular formula is C11H20N4O2S2. The van der Waals surface area contributed by atoms with E-state index in [4.69, 9.17) is 0 Å². The Morgan fingerprint density at radius 2 is 1.47 bits per heavy atom. The number of thiol groups is 2. The Balaban J connectivity index is 2.17. The van der Waals surface area contributed by atoms with Gasteiger partial charge in [0.25, 0.3) is 0 Å². The smallest absolute Gasteiger partial charge is 0.312 e. The van der Waals surface area contributed by atoms with Gasteiger partial charge in [-0.1, -0.05) is 0 Å². The Morgan fingerprint density at radius 1 is 1.05 bits per heavy atom. The van der Waals surface area contributed by atoms with E-state index in [1.54, 1.807) is 9.80 Å². The van der Waals surface area contributed by atoms with Crippen LogP contribution in [0, 0.1) is 0 Å². The highest BCUT2D eigenvalue weighted by atomic mass is 32.1. The number of urea groups is 2. The first kappa shape index (κ1) is 14.6. The summed E-state index contributed by atoms with van der Waals surface area (Å²) < 4.78 is 0. The topological polar surface area (TPSA) is 64.7 Å². The molecule has 2 rings (SSSR count). The highest BCUT2D eigenvalue weighted by Crippen LogP contribution is 2.30. The quantitative estimate of drug-likeness (QED) is 0.546. The largest absolute Gasteiger partial charge is 0.321 e. The zero-order valence-electron chi connectivity index (χ0n) is 10.9. The first-order valence-electron chi connectivity index (χ1n) is 6.43. The van der Waals surface area contributed by atoms with Crippen molar-refractivity contribution in [2.45, 2.75) is 31.6 Å². The minimum absolute atomic E-state index is 0.134. The van der Waals surface area contributed by atoms with Crippen LogP contribution in [-0.4, -0.2) is 58.3 Å². The second-order valence-corrected chi connectivity index (χ2v) is 5.87. The van der Waals surface area contributed by atoms with Crippen LogP contribution in [0.2, 0.25) is 0 Å². The van der Waals surface area contributed by atoms with Gasteiger partial charge in [0.1, 0.15) is 0 Å². The second-order valence-electron chi connectivity index (χ2n) is 4.98. The molecule has 2 aliphatic heterocycles. The Hall–Kier alpha value is -0.760. The van der Waals surface area contributed by atoms with Gasteiger partial charge in [-0.05, 0) is 31.3 Å². The molecule has 2 N–H and O–H groups in total. The molecule has 2 aliphatic rings. The number of rotatable bonds is 6. The molecule has 0 radical (unpaired) electrons. The number of carbonyl (C=O) groups is 2. The zero-order chi connectivity index (χ0) is 14.0. The van der Waals surface area contributed by atoms with Crippen molar-refractivity contribution in [3.8, 4) is 0 Å². The van der Waals surface area contributed by atoms with Gasteiger partial charge in [-0.15, -0.1) is 0 Å². The molecule has 0 unspecified atom stereocenters. The minimum atomic E-state index is -0.707. The number of nitrogens with zero attached hydrogens (tertiary/aromatic N) is 2. The van der Waals surface area contributed by atoms with Gasteiger partial charge in [0.15, 0.2) is 11.8 Å². The Morgan fingerprint density at radius 3 is 1.84 bits per heavy atom. The summed E-state index contributed by atoms with van der Waals surface area (Å²) in [7, 11) is 0. The number of carbonyl (C=O) groups excluding carboxylic acids is 2. The molecule has 0 aromatic carbocycles. The fourth-order valence-corrected chi connectivity index (χ4v) is 2.97. The van der Waals surface area contributed by atoms with Gasteiger partial charge in [0, 0.05) is 13.1 Å². The average Bonchev–Trinajstić information content (AvgIpc) is 2.72. The third-order valence-corrected chi connectivity index (χ3v) is 4.11. The highest BCUT2D eigenvalue weighted by Gasteiger charge is 2.57. The SMILES string of the molecule is CC12NC(=O)N(CCCS)C1N(CCCS)C(=O)N2. The fourth-order valence-electron chi connectivity index (χ4n) is 2.69. The lowest BCUT2D eigenvalue weighted by atomic mass is 10.1. The van der Waals surface area contributed by atoms with Crippen LogP contribution in [0.5, 0.6) is 0 Å². The summed E-state index contributed by atoms with van der Waals surface area (Å²) >= 11 is 8.35. The standard InChI is InChI=1S/C11H20N4O2S2/c1-11-8(14(4-2-6-18)9(16)12-11)15(5-3-7-19)10(17)13-11/h8,18-19H,2-7H2,1H3,(H,12,16)(H,13,17). The van der Waals surface area contributed by atoms with Gasteiger partial charge in [-0.25, -0.2) is 9.59 Å². The summed E-state index contributed by atoms with van der Waals surface area (Å²) in [5.74, 6) is 1.43. The van der Waals surface area contributed by atoms with E-state index in [9.17, 15) is 9.59 Å². The molecule has 0 aliphatic carbocycles. The lowest BCUT2D eigenvalue weighted by Gasteiger charge is -2.31. The molecule has 0 bridgehead atoms. The molecule has 0 atom stereocenters. The molecule has 0 saturated carbocycles. The number of hydrogen-bond donors (Lipinski definition) is 4. The first-order valence-corrected chi connectivity index (χ1v) is 7.69. The molecule has 2 fully saturated rings. The fraction of sp³-hybridized carbons (Fsp3) is 0.818. The van der Waals surface area contributed by atoms with Crippen LogP contribution in [0.4, 0.5) is 9.59 Å². The second kappa shape index (κ2) is 5.70. The predicted molar refractivity (Wildman–Crippen MR) is 79.6 cm³/mol. The Kier molecular flexibility index (Phi) is 4.39. The van der Waals surface area contributed by atoms with Crippen molar-refractivity contribution in [3.63, 3.8) is 0 Å². The lowest BCUT2D eigenvalue weighted by molar-refractivity contribution is 0.112. The van der Waals surface area contributed by atoms with E-state index < -0.39 is 5.66 Å². The maximum atomic E-state index is 12.0. The Bertz CT molecular complexity index is 350. The zero-order valence-corrected chi connectivity index (χ0v) is 12.7. The van der Waals surface area contributed by atoms with Crippen LogP contribution in [0.15, 0.2) is 0 Å². The van der Waals surface area contributed by atoms with Crippen molar-refractivity contribution < 1.29 is 9.59 Å². The van der Waals surface area contributed by atoms with E-state index in [0.717, 1.165) is 12.8 Å². The van der Waals surface area contributed by atoms with Crippen molar-refractivity contribution in [1.29, 1.82) is 0 Å². The van der Waals surface area contributed by atoms with Gasteiger partial charge < -0.3 is 10.6 Å². The van der Waals surface area contributed by atoms with E-state index in [1.807, 2.05) is 6.92 Å². The number of hydrogen-bond acceptors (Lipinski definition) is 4. The van der Waals surface area contributed by atoms with Gasteiger partial charge in [0.05, 0.1) is 0 Å². The van der Waals surface area contributed by atoms with Crippen molar-refractivity contribution in [2.75, 3.05) is 24.6 Å². The summed E-state index contributed by atoms with van der Waals surface area (Å²) in [5, 5.41) is 5.71. The summed E-state index contributed by atoms with van der Waals surface area (Å²) in [6, 6.07) is -0.268. The van der Waals surface area contributed by atoms with Crippen molar-refractivity contribution in [1.82, 2.24) is 20.4 Å². The predicted octanol–water partition coefficient (Wildman–Crippen LogP) is 0.719. The average molecular weight is 304 g/mol. The van der Waals surface area contributed by atoms with Crippen LogP contribution < -0.4 is 10.6 Å². The van der Waals surface area contributed by atoms with Crippen LogP contribution in [0.25, 0.3) is 0 Å². The molecule has 0 spiro atoms. The van der Waals surface area contributed by atoms with Crippen molar-refractivity contribution in [3.05, 3.63) is 0 Å². The summed E-state index contributed by atoms with van der Waals surface area (Å²) in [6.45, 7) is 3.04. The van der Waals surface area contributed by atoms with Gasteiger partial charge >= 0.3 is 12.1 Å². The van der Waals surface area contributed by atoms with E-state index in [-0.39, 0.29) is 18.2 Å². The molecule has 2 heterocycles. The molecule has 8 heteroatoms. The van der Waals surface area contributed by atoms with Gasteiger partial charge in [-0.2, -0.15) is 25.3 Å². The summed E-state index contributed by atoms with van der Waals surface area (Å²) in [4.78, 5) is 27.5. The molecule has 108 valence electrons. The molecule has 19 heavy (non-hydrogen) atoms. The van der Waals surface area contributed by atoms with Crippen molar-refractivity contribution in [2.24, 2.45) is 0 Å². The molecule has 0 aromatic heterocycles.